The Labute approximate surface area is 160 Å². The Morgan fingerprint density at radius 3 is 2.68 bits per heavy atom. The molecule has 0 saturated heterocycles. The average molecular weight is 384 g/mol. The molecular weight excluding hydrogens is 364 g/mol. The molecule has 3 rings (SSSR count). The molecule has 0 radical (unpaired) electrons. The van der Waals surface area contributed by atoms with E-state index < -0.39 is 5.91 Å². The third kappa shape index (κ3) is 3.82. The predicted molar refractivity (Wildman–Crippen MR) is 100 cm³/mol. The molecule has 0 atom stereocenters. The zero-order valence-electron chi connectivity index (χ0n) is 15.7. The van der Waals surface area contributed by atoms with Crippen LogP contribution in [-0.2, 0) is 6.42 Å². The summed E-state index contributed by atoms with van der Waals surface area (Å²) in [5.41, 5.74) is 10.4. The molecule has 0 unspecified atom stereocenters. The number of benzene rings is 1. The van der Waals surface area contributed by atoms with E-state index in [1.54, 1.807) is 14.0 Å². The Bertz CT molecular complexity index is 990. The van der Waals surface area contributed by atoms with Gasteiger partial charge in [-0.25, -0.2) is 10.1 Å². The van der Waals surface area contributed by atoms with Gasteiger partial charge in [0, 0.05) is 0 Å². The van der Waals surface area contributed by atoms with E-state index in [-0.39, 0.29) is 17.3 Å². The first-order valence-corrected chi connectivity index (χ1v) is 8.57. The van der Waals surface area contributed by atoms with E-state index in [2.05, 4.69) is 35.8 Å². The van der Waals surface area contributed by atoms with Gasteiger partial charge in [0.2, 0.25) is 11.6 Å². The molecule has 3 aromatic rings. The summed E-state index contributed by atoms with van der Waals surface area (Å²) in [7, 11) is 1.60. The molecular formula is C17H20N8O3. The zero-order chi connectivity index (χ0) is 20.1. The van der Waals surface area contributed by atoms with Crippen LogP contribution in [0.5, 0.6) is 5.75 Å². The summed E-state index contributed by atoms with van der Waals surface area (Å²) in [6.45, 7) is 3.75. The molecule has 0 aliphatic carbocycles. The number of methoxy groups -OCH3 is 1. The van der Waals surface area contributed by atoms with Crippen molar-refractivity contribution >= 4 is 17.4 Å². The van der Waals surface area contributed by atoms with Gasteiger partial charge < -0.3 is 10.5 Å². The SMILES string of the molecule is CCCc1c(C(=O)NN=C(C)c2ccc(OC)cc2)nnn1-c1nonc1N. The number of nitrogens with zero attached hydrogens (tertiary/aromatic N) is 6. The lowest BCUT2D eigenvalue weighted by atomic mass is 10.1. The van der Waals surface area contributed by atoms with Crippen LogP contribution in [0.15, 0.2) is 34.0 Å². The molecule has 0 aliphatic rings. The Morgan fingerprint density at radius 1 is 1.32 bits per heavy atom. The van der Waals surface area contributed by atoms with E-state index >= 15 is 0 Å². The van der Waals surface area contributed by atoms with Crippen molar-refractivity contribution in [2.45, 2.75) is 26.7 Å². The van der Waals surface area contributed by atoms with Crippen molar-refractivity contribution in [2.24, 2.45) is 5.10 Å². The van der Waals surface area contributed by atoms with E-state index in [1.807, 2.05) is 31.2 Å². The molecule has 146 valence electrons. The first kappa shape index (κ1) is 19.0. The summed E-state index contributed by atoms with van der Waals surface area (Å²) < 4.78 is 11.1. The topological polar surface area (TPSA) is 146 Å². The van der Waals surface area contributed by atoms with Crippen LogP contribution in [0, 0.1) is 0 Å². The number of nitrogen functional groups attached to an aromatic ring is 1. The highest BCUT2D eigenvalue weighted by atomic mass is 16.6. The molecule has 0 aliphatic heterocycles. The van der Waals surface area contributed by atoms with Crippen LogP contribution in [-0.4, -0.2) is 44.0 Å². The second-order valence-corrected chi connectivity index (χ2v) is 5.89. The predicted octanol–water partition coefficient (Wildman–Crippen LogP) is 1.35. The second-order valence-electron chi connectivity index (χ2n) is 5.89. The third-order valence-corrected chi connectivity index (χ3v) is 3.99. The molecule has 2 aromatic heterocycles. The monoisotopic (exact) mass is 384 g/mol. The summed E-state index contributed by atoms with van der Waals surface area (Å²) in [6, 6.07) is 7.33. The molecule has 11 nitrogen and oxygen atoms in total. The fourth-order valence-corrected chi connectivity index (χ4v) is 2.53. The number of carbonyl (C=O) groups is 1. The number of hydrazone groups is 1. The summed E-state index contributed by atoms with van der Waals surface area (Å²) in [5.74, 6) is 0.496. The lowest BCUT2D eigenvalue weighted by Gasteiger charge is -2.05. The summed E-state index contributed by atoms with van der Waals surface area (Å²) in [5, 5.41) is 19.3. The minimum Gasteiger partial charge on any atom is -0.497 e. The molecule has 28 heavy (non-hydrogen) atoms. The van der Waals surface area contributed by atoms with Gasteiger partial charge in [-0.1, -0.05) is 18.6 Å². The summed E-state index contributed by atoms with van der Waals surface area (Å²) in [6.07, 6.45) is 1.29. The Hall–Kier alpha value is -3.76. The largest absolute Gasteiger partial charge is 0.497 e. The van der Waals surface area contributed by atoms with E-state index in [4.69, 9.17) is 10.5 Å². The van der Waals surface area contributed by atoms with Gasteiger partial charge in [-0.15, -0.1) is 5.10 Å². The number of nitrogens with two attached hydrogens (primary N) is 1. The van der Waals surface area contributed by atoms with E-state index in [0.29, 0.717) is 17.8 Å². The molecule has 11 heteroatoms. The van der Waals surface area contributed by atoms with Crippen molar-refractivity contribution in [3.05, 3.63) is 41.2 Å². The zero-order valence-corrected chi connectivity index (χ0v) is 15.7. The quantitative estimate of drug-likeness (QED) is 0.458. The maximum Gasteiger partial charge on any atom is 0.293 e. The summed E-state index contributed by atoms with van der Waals surface area (Å²) in [4.78, 5) is 12.6. The number of carbonyl (C=O) groups excluding carboxylic acids is 1. The number of hydrogen-bond acceptors (Lipinski definition) is 9. The maximum atomic E-state index is 12.6. The number of aromatic nitrogens is 5. The van der Waals surface area contributed by atoms with Gasteiger partial charge in [0.1, 0.15) is 5.75 Å². The van der Waals surface area contributed by atoms with E-state index in [9.17, 15) is 4.79 Å². The molecule has 1 amide bonds. The molecule has 1 aromatic carbocycles. The Morgan fingerprint density at radius 2 is 2.07 bits per heavy atom. The maximum absolute atomic E-state index is 12.6. The van der Waals surface area contributed by atoms with Gasteiger partial charge in [0.05, 0.1) is 18.5 Å². The minimum absolute atomic E-state index is 0.0579. The van der Waals surface area contributed by atoms with Crippen LogP contribution < -0.4 is 15.9 Å². The first-order chi connectivity index (χ1) is 13.5. The lowest BCUT2D eigenvalue weighted by molar-refractivity contribution is 0.0948. The van der Waals surface area contributed by atoms with Crippen molar-refractivity contribution in [2.75, 3.05) is 12.8 Å². The van der Waals surface area contributed by atoms with Gasteiger partial charge in [-0.3, -0.25) is 4.79 Å². The van der Waals surface area contributed by atoms with Crippen molar-refractivity contribution in [3.8, 4) is 11.6 Å². The number of nitrogens with one attached hydrogen (secondary N) is 1. The number of amides is 1. The van der Waals surface area contributed by atoms with Crippen LogP contribution in [0.2, 0.25) is 0 Å². The third-order valence-electron chi connectivity index (χ3n) is 3.99. The Balaban J connectivity index is 1.82. The van der Waals surface area contributed by atoms with Crippen molar-refractivity contribution < 1.29 is 14.2 Å². The van der Waals surface area contributed by atoms with Crippen LogP contribution in [0.4, 0.5) is 5.82 Å². The highest BCUT2D eigenvalue weighted by Gasteiger charge is 2.23. The highest BCUT2D eigenvalue weighted by Crippen LogP contribution is 2.17. The van der Waals surface area contributed by atoms with Crippen LogP contribution in [0.1, 0.15) is 42.0 Å². The van der Waals surface area contributed by atoms with Gasteiger partial charge >= 0.3 is 0 Å². The fourth-order valence-electron chi connectivity index (χ4n) is 2.53. The van der Waals surface area contributed by atoms with Crippen molar-refractivity contribution in [1.82, 2.24) is 30.7 Å². The minimum atomic E-state index is -0.488. The molecule has 0 saturated carbocycles. The van der Waals surface area contributed by atoms with Crippen LogP contribution in [0.25, 0.3) is 5.82 Å². The normalized spacial score (nSPS) is 11.5. The number of ether oxygens (including phenoxy) is 1. The number of hydrogen-bond donors (Lipinski definition) is 2. The van der Waals surface area contributed by atoms with Gasteiger partial charge in [-0.05, 0) is 53.5 Å². The fraction of sp³-hybridized carbons (Fsp3) is 0.294. The van der Waals surface area contributed by atoms with Gasteiger partial charge in [0.15, 0.2) is 5.69 Å². The standard InChI is InChI=1S/C17H20N8O3/c1-4-5-13-14(20-24-25(13)16-15(18)22-28-23-16)17(26)21-19-10(2)11-6-8-12(27-3)9-7-11/h6-9H,4-5H2,1-3H3,(H2,18,22)(H,21,26). The Kier molecular flexibility index (Phi) is 5.63. The van der Waals surface area contributed by atoms with E-state index in [1.165, 1.54) is 4.68 Å². The van der Waals surface area contributed by atoms with Gasteiger partial charge in [0.25, 0.3) is 5.91 Å². The smallest absolute Gasteiger partial charge is 0.293 e. The van der Waals surface area contributed by atoms with Gasteiger partial charge in [-0.2, -0.15) is 9.78 Å². The number of rotatable bonds is 7. The molecule has 0 fully saturated rings. The van der Waals surface area contributed by atoms with Crippen LogP contribution in [0.3, 0.4) is 0 Å². The lowest BCUT2D eigenvalue weighted by Crippen LogP contribution is -2.21. The van der Waals surface area contributed by atoms with Crippen molar-refractivity contribution in [3.63, 3.8) is 0 Å². The second kappa shape index (κ2) is 8.29. The van der Waals surface area contributed by atoms with Crippen LogP contribution >= 0.6 is 0 Å². The molecule has 2 heterocycles. The molecule has 0 spiro atoms. The van der Waals surface area contributed by atoms with E-state index in [0.717, 1.165) is 17.7 Å². The number of anilines is 1. The molecule has 0 bridgehead atoms. The molecule has 3 N–H and O–H groups in total. The average Bonchev–Trinajstić information content (AvgIpc) is 3.32. The summed E-state index contributed by atoms with van der Waals surface area (Å²) >= 11 is 0. The first-order valence-electron chi connectivity index (χ1n) is 8.57. The van der Waals surface area contributed by atoms with Crippen molar-refractivity contribution in [1.29, 1.82) is 0 Å². The highest BCUT2D eigenvalue weighted by molar-refractivity contribution is 6.00.